The number of hydrogen-bond acceptors (Lipinski definition) is 5. The Kier molecular flexibility index (Phi) is 10.7. The number of aryl methyl sites for hydroxylation is 2. The molecule has 0 radical (unpaired) electrons. The van der Waals surface area contributed by atoms with Crippen LogP contribution in [-0.4, -0.2) is 37.0 Å². The van der Waals surface area contributed by atoms with Crippen molar-refractivity contribution in [3.63, 3.8) is 0 Å². The van der Waals surface area contributed by atoms with Gasteiger partial charge in [-0.05, 0) is 19.4 Å². The fourth-order valence-corrected chi connectivity index (χ4v) is 2.96. The quantitative estimate of drug-likeness (QED) is 0.568. The second-order valence-electron chi connectivity index (χ2n) is 5.10. The lowest BCUT2D eigenvalue weighted by Gasteiger charge is -2.01. The van der Waals surface area contributed by atoms with Crippen LogP contribution in [-0.2, 0) is 17.6 Å². The van der Waals surface area contributed by atoms with E-state index in [-0.39, 0.29) is 0 Å². The van der Waals surface area contributed by atoms with Gasteiger partial charge in [0.05, 0.1) is 6.61 Å². The van der Waals surface area contributed by atoms with Crippen LogP contribution in [0, 0.1) is 0 Å². The molecule has 0 fully saturated rings. The van der Waals surface area contributed by atoms with Crippen LogP contribution in [0.4, 0.5) is 0 Å². The summed E-state index contributed by atoms with van der Waals surface area (Å²) in [6.07, 6.45) is 9.86. The molecular weight excluding hydrogens is 270 g/mol. The van der Waals surface area contributed by atoms with Gasteiger partial charge in [0.15, 0.2) is 0 Å². The zero-order valence-corrected chi connectivity index (χ0v) is 13.8. The maximum atomic E-state index is 4.99. The molecule has 0 aliphatic rings. The average Bonchev–Trinajstić information content (AvgIpc) is 2.90. The van der Waals surface area contributed by atoms with Gasteiger partial charge in [0, 0.05) is 26.5 Å². The minimum atomic E-state index is 0.779. The lowest BCUT2D eigenvalue weighted by Crippen LogP contribution is -2.20. The van der Waals surface area contributed by atoms with Crippen LogP contribution in [0.15, 0.2) is 0 Å². The Balaban J connectivity index is 2.04. The Bertz CT molecular complexity index is 331. The van der Waals surface area contributed by atoms with E-state index < -0.39 is 0 Å². The summed E-state index contributed by atoms with van der Waals surface area (Å²) in [5.74, 6) is 0. The Hall–Kier alpha value is -0.520. The molecule has 0 aliphatic carbocycles. The molecule has 0 unspecified atom stereocenters. The third-order valence-electron chi connectivity index (χ3n) is 3.23. The van der Waals surface area contributed by atoms with Gasteiger partial charge in [0.25, 0.3) is 0 Å². The van der Waals surface area contributed by atoms with E-state index in [4.69, 9.17) is 4.74 Å². The number of hydrogen-bond donors (Lipinski definition) is 1. The van der Waals surface area contributed by atoms with Crippen molar-refractivity contribution in [1.29, 1.82) is 0 Å². The predicted octanol–water partition coefficient (Wildman–Crippen LogP) is 3.22. The summed E-state index contributed by atoms with van der Waals surface area (Å²) in [7, 11) is 1.73. The second-order valence-corrected chi connectivity index (χ2v) is 6.25. The molecule has 5 heteroatoms. The van der Waals surface area contributed by atoms with E-state index in [9.17, 15) is 0 Å². The van der Waals surface area contributed by atoms with E-state index in [1.165, 1.54) is 42.1 Å². The SMILES string of the molecule is CCCCCCCc1nnc(CCCNCCOC)s1. The molecule has 1 aromatic rings. The Morgan fingerprint density at radius 3 is 2.35 bits per heavy atom. The summed E-state index contributed by atoms with van der Waals surface area (Å²) in [6, 6.07) is 0. The molecule has 0 saturated carbocycles. The smallest absolute Gasteiger partial charge is 0.117 e. The van der Waals surface area contributed by atoms with Crippen LogP contribution in [0.5, 0.6) is 0 Å². The first kappa shape index (κ1) is 17.5. The molecule has 1 rings (SSSR count). The Labute approximate surface area is 127 Å². The van der Waals surface area contributed by atoms with Gasteiger partial charge < -0.3 is 10.1 Å². The Morgan fingerprint density at radius 2 is 1.65 bits per heavy atom. The molecule has 1 aromatic heterocycles. The molecule has 0 atom stereocenters. The van der Waals surface area contributed by atoms with Crippen LogP contribution in [0.1, 0.15) is 55.5 Å². The highest BCUT2D eigenvalue weighted by atomic mass is 32.1. The standard InChI is InChI=1S/C15H29N3OS/c1-3-4-5-6-7-9-14-17-18-15(20-14)10-8-11-16-12-13-19-2/h16H,3-13H2,1-2H3. The van der Waals surface area contributed by atoms with Crippen molar-refractivity contribution in [3.05, 3.63) is 10.0 Å². The van der Waals surface area contributed by atoms with Gasteiger partial charge in [0.2, 0.25) is 0 Å². The van der Waals surface area contributed by atoms with Crippen LogP contribution in [0.2, 0.25) is 0 Å². The third-order valence-corrected chi connectivity index (χ3v) is 4.27. The lowest BCUT2D eigenvalue weighted by atomic mass is 10.1. The summed E-state index contributed by atoms with van der Waals surface area (Å²) in [6.45, 7) is 4.98. The van der Waals surface area contributed by atoms with Crippen LogP contribution in [0.3, 0.4) is 0 Å². The zero-order valence-electron chi connectivity index (χ0n) is 13.0. The molecule has 0 bridgehead atoms. The second kappa shape index (κ2) is 12.2. The van der Waals surface area contributed by atoms with Gasteiger partial charge in [-0.3, -0.25) is 0 Å². The fraction of sp³-hybridized carbons (Fsp3) is 0.867. The van der Waals surface area contributed by atoms with Gasteiger partial charge in [-0.1, -0.05) is 32.6 Å². The van der Waals surface area contributed by atoms with Crippen LogP contribution >= 0.6 is 11.3 Å². The number of ether oxygens (including phenoxy) is 1. The van der Waals surface area contributed by atoms with Crippen molar-refractivity contribution >= 4 is 11.3 Å². The normalized spacial score (nSPS) is 11.1. The van der Waals surface area contributed by atoms with E-state index in [0.717, 1.165) is 39.0 Å². The largest absolute Gasteiger partial charge is 0.383 e. The zero-order chi connectivity index (χ0) is 14.5. The van der Waals surface area contributed by atoms with Crippen LogP contribution < -0.4 is 5.32 Å². The highest BCUT2D eigenvalue weighted by Gasteiger charge is 2.03. The summed E-state index contributed by atoms with van der Waals surface area (Å²) in [5.41, 5.74) is 0. The number of aromatic nitrogens is 2. The molecule has 20 heavy (non-hydrogen) atoms. The van der Waals surface area contributed by atoms with E-state index in [1.807, 2.05) is 0 Å². The predicted molar refractivity (Wildman–Crippen MR) is 85.4 cm³/mol. The number of nitrogens with one attached hydrogen (secondary N) is 1. The first-order chi connectivity index (χ1) is 9.86. The van der Waals surface area contributed by atoms with Crippen molar-refractivity contribution in [1.82, 2.24) is 15.5 Å². The van der Waals surface area contributed by atoms with Crippen molar-refractivity contribution in [2.45, 2.75) is 58.3 Å². The number of nitrogens with zero attached hydrogens (tertiary/aromatic N) is 2. The molecule has 1 heterocycles. The highest BCUT2D eigenvalue weighted by Crippen LogP contribution is 2.15. The lowest BCUT2D eigenvalue weighted by molar-refractivity contribution is 0.199. The maximum Gasteiger partial charge on any atom is 0.117 e. The van der Waals surface area contributed by atoms with Gasteiger partial charge in [-0.25, -0.2) is 0 Å². The first-order valence-electron chi connectivity index (χ1n) is 7.87. The van der Waals surface area contributed by atoms with Crippen molar-refractivity contribution in [3.8, 4) is 0 Å². The van der Waals surface area contributed by atoms with Gasteiger partial charge in [-0.2, -0.15) is 0 Å². The van der Waals surface area contributed by atoms with E-state index >= 15 is 0 Å². The molecule has 0 amide bonds. The Morgan fingerprint density at radius 1 is 0.950 bits per heavy atom. The van der Waals surface area contributed by atoms with E-state index in [0.29, 0.717) is 0 Å². The minimum absolute atomic E-state index is 0.779. The fourth-order valence-electron chi connectivity index (χ4n) is 2.03. The van der Waals surface area contributed by atoms with Gasteiger partial charge >= 0.3 is 0 Å². The number of rotatable bonds is 13. The van der Waals surface area contributed by atoms with Gasteiger partial charge in [0.1, 0.15) is 10.0 Å². The summed E-state index contributed by atoms with van der Waals surface area (Å²) >= 11 is 1.79. The monoisotopic (exact) mass is 299 g/mol. The van der Waals surface area contributed by atoms with Crippen molar-refractivity contribution in [2.24, 2.45) is 0 Å². The van der Waals surface area contributed by atoms with Crippen molar-refractivity contribution < 1.29 is 4.74 Å². The summed E-state index contributed by atoms with van der Waals surface area (Å²) < 4.78 is 4.99. The van der Waals surface area contributed by atoms with E-state index in [2.05, 4.69) is 22.4 Å². The van der Waals surface area contributed by atoms with Gasteiger partial charge in [-0.15, -0.1) is 21.5 Å². The first-order valence-corrected chi connectivity index (χ1v) is 8.69. The topological polar surface area (TPSA) is 47.0 Å². The third kappa shape index (κ3) is 8.61. The molecule has 0 saturated heterocycles. The molecular formula is C15H29N3OS. The number of unbranched alkanes of at least 4 members (excludes halogenated alkanes) is 4. The molecule has 1 N–H and O–H groups in total. The molecule has 0 aliphatic heterocycles. The maximum absolute atomic E-state index is 4.99. The van der Waals surface area contributed by atoms with Crippen LogP contribution in [0.25, 0.3) is 0 Å². The summed E-state index contributed by atoms with van der Waals surface area (Å²) in [4.78, 5) is 0. The average molecular weight is 299 g/mol. The molecule has 0 aromatic carbocycles. The molecule has 0 spiro atoms. The number of methoxy groups -OCH3 is 1. The summed E-state index contributed by atoms with van der Waals surface area (Å²) in [5, 5.41) is 14.3. The van der Waals surface area contributed by atoms with E-state index in [1.54, 1.807) is 18.4 Å². The highest BCUT2D eigenvalue weighted by molar-refractivity contribution is 7.11. The molecule has 4 nitrogen and oxygen atoms in total. The molecule has 116 valence electrons. The minimum Gasteiger partial charge on any atom is -0.383 e. The van der Waals surface area contributed by atoms with Crippen molar-refractivity contribution in [2.75, 3.05) is 26.8 Å².